The topological polar surface area (TPSA) is 66.3 Å². The van der Waals surface area contributed by atoms with Gasteiger partial charge in [0.05, 0.1) is 29.3 Å². The number of nitrogens with zero attached hydrogens (tertiary/aromatic N) is 5. The van der Waals surface area contributed by atoms with Gasteiger partial charge in [0, 0.05) is 51.9 Å². The highest BCUT2D eigenvalue weighted by Crippen LogP contribution is 2.22. The van der Waals surface area contributed by atoms with E-state index in [1.807, 2.05) is 30.7 Å². The van der Waals surface area contributed by atoms with Gasteiger partial charge in [0.25, 0.3) is 0 Å². The number of rotatable bonds is 4. The third-order valence-corrected chi connectivity index (χ3v) is 4.93. The molecule has 3 heterocycles. The number of pyridine rings is 1. The summed E-state index contributed by atoms with van der Waals surface area (Å²) in [5.74, 6) is 0. The lowest BCUT2D eigenvalue weighted by molar-refractivity contribution is 0.170. The number of fused-ring (bicyclic) bond motifs is 2. The van der Waals surface area contributed by atoms with Crippen molar-refractivity contribution in [1.29, 1.82) is 0 Å². The van der Waals surface area contributed by atoms with Gasteiger partial charge in [-0.1, -0.05) is 24.3 Å². The van der Waals surface area contributed by atoms with Gasteiger partial charge in [0.2, 0.25) is 0 Å². The second-order valence-electron chi connectivity index (χ2n) is 7.19. The Balaban J connectivity index is 1.49. The molecule has 140 valence electrons. The minimum atomic E-state index is -0.0787. The number of imidazole rings is 1. The first-order valence-corrected chi connectivity index (χ1v) is 9.13. The molecule has 1 aromatic carbocycles. The lowest BCUT2D eigenvalue weighted by Crippen LogP contribution is -2.44. The number of para-hydroxylation sites is 1. The second kappa shape index (κ2) is 7.36. The van der Waals surface area contributed by atoms with Crippen LogP contribution in [0.3, 0.4) is 0 Å². The largest absolute Gasteiger partial charge is 0.336 e. The van der Waals surface area contributed by atoms with Crippen LogP contribution in [-0.2, 0) is 13.1 Å². The molecule has 0 spiro atoms. The molecule has 0 fully saturated rings. The van der Waals surface area contributed by atoms with Crippen LogP contribution in [0.5, 0.6) is 0 Å². The smallest absolute Gasteiger partial charge is 0.316 e. The molecule has 0 saturated heterocycles. The number of hydrogen-bond donors (Lipinski definition) is 1. The molecule has 1 N–H and O–H groups in total. The molecule has 2 aromatic heterocycles. The zero-order valence-corrected chi connectivity index (χ0v) is 15.7. The van der Waals surface area contributed by atoms with Crippen LogP contribution in [0.4, 0.5) is 4.79 Å². The first-order chi connectivity index (χ1) is 13.1. The Hall–Kier alpha value is -2.93. The number of hydrogen-bond acceptors (Lipinski definition) is 4. The van der Waals surface area contributed by atoms with Crippen LogP contribution in [0.1, 0.15) is 17.4 Å². The first kappa shape index (κ1) is 17.5. The fourth-order valence-corrected chi connectivity index (χ4v) is 3.53. The zero-order chi connectivity index (χ0) is 18.8. The predicted molar refractivity (Wildman–Crippen MR) is 104 cm³/mol. The SMILES string of the molecule is CN(C)C(=O)NC[C@@H]1CN(Cc2ccc3ccccc3n2)Cc2cncn21. The quantitative estimate of drug-likeness (QED) is 0.771. The maximum atomic E-state index is 11.9. The van der Waals surface area contributed by atoms with Gasteiger partial charge in [-0.2, -0.15) is 0 Å². The van der Waals surface area contributed by atoms with Gasteiger partial charge in [-0.15, -0.1) is 0 Å². The van der Waals surface area contributed by atoms with Crippen LogP contribution in [0.15, 0.2) is 48.9 Å². The van der Waals surface area contributed by atoms with Crippen molar-refractivity contribution in [1.82, 2.24) is 29.7 Å². The summed E-state index contributed by atoms with van der Waals surface area (Å²) in [6.45, 7) is 3.01. The van der Waals surface area contributed by atoms with E-state index in [-0.39, 0.29) is 12.1 Å². The molecule has 4 rings (SSSR count). The maximum absolute atomic E-state index is 11.9. The molecule has 0 radical (unpaired) electrons. The molecule has 0 aliphatic carbocycles. The van der Waals surface area contributed by atoms with E-state index in [2.05, 4.69) is 38.0 Å². The molecule has 7 heteroatoms. The number of amides is 2. The molecule has 1 atom stereocenters. The Morgan fingerprint density at radius 2 is 2.11 bits per heavy atom. The van der Waals surface area contributed by atoms with E-state index in [0.29, 0.717) is 6.54 Å². The standard InChI is InChI=1S/C20H24N6O/c1-24(2)20(27)22-10-18-13-25(12-17-9-21-14-26(17)18)11-16-8-7-15-5-3-4-6-19(15)23-16/h3-9,14,18H,10-13H2,1-2H3,(H,22,27)/t18-/m1/s1. The van der Waals surface area contributed by atoms with Gasteiger partial charge in [-0.05, 0) is 12.1 Å². The van der Waals surface area contributed by atoms with Crippen LogP contribution < -0.4 is 5.32 Å². The van der Waals surface area contributed by atoms with E-state index < -0.39 is 0 Å². The van der Waals surface area contributed by atoms with Crippen LogP contribution in [0.2, 0.25) is 0 Å². The third kappa shape index (κ3) is 3.78. The number of benzene rings is 1. The Kier molecular flexibility index (Phi) is 4.77. The second-order valence-corrected chi connectivity index (χ2v) is 7.19. The van der Waals surface area contributed by atoms with Crippen molar-refractivity contribution < 1.29 is 4.79 Å². The lowest BCUT2D eigenvalue weighted by Gasteiger charge is -2.34. The van der Waals surface area contributed by atoms with Gasteiger partial charge in [0.1, 0.15) is 0 Å². The highest BCUT2D eigenvalue weighted by atomic mass is 16.2. The Morgan fingerprint density at radius 3 is 2.96 bits per heavy atom. The van der Waals surface area contributed by atoms with Crippen molar-refractivity contribution >= 4 is 16.9 Å². The molecule has 3 aromatic rings. The lowest BCUT2D eigenvalue weighted by atomic mass is 10.1. The summed E-state index contributed by atoms with van der Waals surface area (Å²) < 4.78 is 2.17. The molecule has 2 amide bonds. The molecule has 0 unspecified atom stereocenters. The van der Waals surface area contributed by atoms with Crippen molar-refractivity contribution in [3.05, 3.63) is 60.3 Å². The summed E-state index contributed by atoms with van der Waals surface area (Å²) in [7, 11) is 3.49. The number of nitrogens with one attached hydrogen (secondary N) is 1. The maximum Gasteiger partial charge on any atom is 0.316 e. The van der Waals surface area contributed by atoms with Gasteiger partial charge >= 0.3 is 6.03 Å². The number of urea groups is 1. The fraction of sp³-hybridized carbons (Fsp3) is 0.350. The number of carbonyl (C=O) groups is 1. The van der Waals surface area contributed by atoms with Gasteiger partial charge in [-0.25, -0.2) is 9.78 Å². The Bertz CT molecular complexity index is 950. The molecule has 0 saturated carbocycles. The fourth-order valence-electron chi connectivity index (χ4n) is 3.53. The van der Waals surface area contributed by atoms with Crippen molar-refractivity contribution in [2.45, 2.75) is 19.1 Å². The van der Waals surface area contributed by atoms with E-state index in [0.717, 1.165) is 41.9 Å². The molecule has 7 nitrogen and oxygen atoms in total. The Labute approximate surface area is 158 Å². The van der Waals surface area contributed by atoms with E-state index in [1.54, 1.807) is 19.0 Å². The summed E-state index contributed by atoms with van der Waals surface area (Å²) >= 11 is 0. The highest BCUT2D eigenvalue weighted by Gasteiger charge is 2.25. The monoisotopic (exact) mass is 364 g/mol. The molecule has 0 bridgehead atoms. The highest BCUT2D eigenvalue weighted by molar-refractivity contribution is 5.78. The summed E-state index contributed by atoms with van der Waals surface area (Å²) in [6.07, 6.45) is 3.76. The van der Waals surface area contributed by atoms with Gasteiger partial charge < -0.3 is 14.8 Å². The minimum Gasteiger partial charge on any atom is -0.336 e. The molecular formula is C20H24N6O. The van der Waals surface area contributed by atoms with E-state index in [1.165, 1.54) is 0 Å². The van der Waals surface area contributed by atoms with E-state index in [4.69, 9.17) is 4.98 Å². The van der Waals surface area contributed by atoms with Gasteiger partial charge in [-0.3, -0.25) is 9.88 Å². The minimum absolute atomic E-state index is 0.0787. The van der Waals surface area contributed by atoms with E-state index >= 15 is 0 Å². The summed E-state index contributed by atoms with van der Waals surface area (Å²) in [5, 5.41) is 4.14. The molecule has 1 aliphatic heterocycles. The number of aromatic nitrogens is 3. The first-order valence-electron chi connectivity index (χ1n) is 9.13. The van der Waals surface area contributed by atoms with Crippen LogP contribution in [0.25, 0.3) is 10.9 Å². The average molecular weight is 364 g/mol. The van der Waals surface area contributed by atoms with Crippen LogP contribution in [0, 0.1) is 0 Å². The van der Waals surface area contributed by atoms with Crippen molar-refractivity contribution in [3.8, 4) is 0 Å². The normalized spacial score (nSPS) is 16.9. The van der Waals surface area contributed by atoms with Crippen LogP contribution >= 0.6 is 0 Å². The van der Waals surface area contributed by atoms with Gasteiger partial charge in [0.15, 0.2) is 0 Å². The average Bonchev–Trinajstić information content (AvgIpc) is 3.14. The third-order valence-electron chi connectivity index (χ3n) is 4.93. The van der Waals surface area contributed by atoms with Crippen molar-refractivity contribution in [2.24, 2.45) is 0 Å². The predicted octanol–water partition coefficient (Wildman–Crippen LogP) is 2.26. The van der Waals surface area contributed by atoms with Crippen molar-refractivity contribution in [2.75, 3.05) is 27.2 Å². The zero-order valence-electron chi connectivity index (χ0n) is 15.7. The summed E-state index contributed by atoms with van der Waals surface area (Å²) in [4.78, 5) is 24.9. The van der Waals surface area contributed by atoms with Crippen LogP contribution in [-0.4, -0.2) is 57.6 Å². The number of carbonyl (C=O) groups excluding carboxylic acids is 1. The summed E-state index contributed by atoms with van der Waals surface area (Å²) in [6, 6.07) is 12.5. The Morgan fingerprint density at radius 1 is 1.26 bits per heavy atom. The molecule has 27 heavy (non-hydrogen) atoms. The van der Waals surface area contributed by atoms with E-state index in [9.17, 15) is 4.79 Å². The van der Waals surface area contributed by atoms with Crippen molar-refractivity contribution in [3.63, 3.8) is 0 Å². The molecule has 1 aliphatic rings. The molecular weight excluding hydrogens is 340 g/mol. The summed E-state index contributed by atoms with van der Waals surface area (Å²) in [5.41, 5.74) is 3.23.